The van der Waals surface area contributed by atoms with Crippen LogP contribution in [0.1, 0.15) is 32.4 Å². The van der Waals surface area contributed by atoms with E-state index >= 15 is 0 Å². The molecule has 2 amide bonds. The summed E-state index contributed by atoms with van der Waals surface area (Å²) >= 11 is 1.62. The summed E-state index contributed by atoms with van der Waals surface area (Å²) in [6.45, 7) is 6.09. The van der Waals surface area contributed by atoms with E-state index in [0.29, 0.717) is 18.2 Å². The van der Waals surface area contributed by atoms with Crippen molar-refractivity contribution in [2.45, 2.75) is 32.9 Å². The lowest BCUT2D eigenvalue weighted by Crippen LogP contribution is -2.51. The first-order valence-electron chi connectivity index (χ1n) is 7.79. The van der Waals surface area contributed by atoms with Crippen molar-refractivity contribution >= 4 is 23.6 Å². The van der Waals surface area contributed by atoms with E-state index in [1.807, 2.05) is 45.0 Å². The van der Waals surface area contributed by atoms with Crippen LogP contribution in [0.3, 0.4) is 0 Å². The molecule has 1 saturated heterocycles. The highest BCUT2D eigenvalue weighted by Crippen LogP contribution is 2.33. The first-order chi connectivity index (χ1) is 10.9. The SMILES string of the molecule is CC(C)(C)C(=O)N1CSC[C@H]1C(=O)N[C@H]1COc2ccccc21. The average Bonchev–Trinajstić information content (AvgIpc) is 3.13. The van der Waals surface area contributed by atoms with Crippen molar-refractivity contribution in [3.8, 4) is 5.75 Å². The third-order valence-electron chi connectivity index (χ3n) is 4.10. The van der Waals surface area contributed by atoms with E-state index in [2.05, 4.69) is 5.32 Å². The minimum atomic E-state index is -0.480. The first kappa shape index (κ1) is 16.2. The van der Waals surface area contributed by atoms with Crippen LogP contribution >= 0.6 is 11.8 Å². The standard InChI is InChI=1S/C17H22N2O3S/c1-17(2,3)16(21)19-10-23-9-13(19)15(20)18-12-8-22-14-7-5-4-6-11(12)14/h4-7,12-13H,8-10H2,1-3H3,(H,18,20)/t12-,13-/m0/s1. The van der Waals surface area contributed by atoms with Gasteiger partial charge in [-0.05, 0) is 6.07 Å². The number of hydrogen-bond donors (Lipinski definition) is 1. The van der Waals surface area contributed by atoms with E-state index in [-0.39, 0.29) is 17.9 Å². The maximum atomic E-state index is 12.7. The molecule has 0 radical (unpaired) electrons. The van der Waals surface area contributed by atoms with Crippen LogP contribution in [0.5, 0.6) is 5.75 Å². The van der Waals surface area contributed by atoms with E-state index < -0.39 is 11.5 Å². The molecule has 2 aliphatic rings. The van der Waals surface area contributed by atoms with Crippen molar-refractivity contribution in [2.24, 2.45) is 5.41 Å². The molecule has 1 aromatic carbocycles. The van der Waals surface area contributed by atoms with Gasteiger partial charge in [-0.15, -0.1) is 11.8 Å². The van der Waals surface area contributed by atoms with Crippen LogP contribution < -0.4 is 10.1 Å². The Kier molecular flexibility index (Phi) is 4.27. The minimum Gasteiger partial charge on any atom is -0.491 e. The van der Waals surface area contributed by atoms with Crippen molar-refractivity contribution in [3.05, 3.63) is 29.8 Å². The Morgan fingerprint density at radius 2 is 2.04 bits per heavy atom. The number of nitrogens with zero attached hydrogens (tertiary/aromatic N) is 1. The molecule has 0 saturated carbocycles. The molecule has 1 aromatic rings. The molecule has 5 nitrogen and oxygen atoms in total. The number of amides is 2. The van der Waals surface area contributed by atoms with Gasteiger partial charge >= 0.3 is 0 Å². The summed E-state index contributed by atoms with van der Waals surface area (Å²) in [5.74, 6) is 1.96. The van der Waals surface area contributed by atoms with Gasteiger partial charge in [-0.2, -0.15) is 0 Å². The zero-order valence-electron chi connectivity index (χ0n) is 13.7. The van der Waals surface area contributed by atoms with Crippen LogP contribution in [0.2, 0.25) is 0 Å². The van der Waals surface area contributed by atoms with E-state index in [0.717, 1.165) is 11.3 Å². The van der Waals surface area contributed by atoms with Crippen molar-refractivity contribution in [1.82, 2.24) is 10.2 Å². The number of rotatable bonds is 2. The fourth-order valence-corrected chi connectivity index (χ4v) is 3.99. The summed E-state index contributed by atoms with van der Waals surface area (Å²) in [5, 5.41) is 3.04. The Balaban J connectivity index is 1.70. The van der Waals surface area contributed by atoms with E-state index in [1.54, 1.807) is 16.7 Å². The molecular weight excluding hydrogens is 312 g/mol. The first-order valence-corrected chi connectivity index (χ1v) is 8.94. The van der Waals surface area contributed by atoms with Crippen LogP contribution in [0.25, 0.3) is 0 Å². The van der Waals surface area contributed by atoms with Crippen molar-refractivity contribution in [2.75, 3.05) is 18.2 Å². The van der Waals surface area contributed by atoms with Gasteiger partial charge in [0.05, 0.1) is 11.9 Å². The molecule has 0 bridgehead atoms. The lowest BCUT2D eigenvalue weighted by molar-refractivity contribution is -0.144. The van der Waals surface area contributed by atoms with E-state index in [4.69, 9.17) is 4.74 Å². The van der Waals surface area contributed by atoms with Crippen molar-refractivity contribution in [1.29, 1.82) is 0 Å². The fraction of sp³-hybridized carbons (Fsp3) is 0.529. The molecule has 0 unspecified atom stereocenters. The highest BCUT2D eigenvalue weighted by molar-refractivity contribution is 7.99. The summed E-state index contributed by atoms with van der Waals surface area (Å²) in [6, 6.07) is 7.18. The topological polar surface area (TPSA) is 58.6 Å². The number of fused-ring (bicyclic) bond motifs is 1. The van der Waals surface area contributed by atoms with Crippen LogP contribution in [0.15, 0.2) is 24.3 Å². The molecule has 0 aliphatic carbocycles. The van der Waals surface area contributed by atoms with Crippen molar-refractivity contribution < 1.29 is 14.3 Å². The monoisotopic (exact) mass is 334 g/mol. The van der Waals surface area contributed by atoms with E-state index in [1.165, 1.54) is 0 Å². The number of para-hydroxylation sites is 1. The van der Waals surface area contributed by atoms with Crippen LogP contribution in [-0.4, -0.2) is 41.0 Å². The predicted molar refractivity (Wildman–Crippen MR) is 90.2 cm³/mol. The summed E-state index contributed by atoms with van der Waals surface area (Å²) in [7, 11) is 0. The van der Waals surface area contributed by atoms with Crippen LogP contribution in [-0.2, 0) is 9.59 Å². The number of thioether (sulfide) groups is 1. The summed E-state index contributed by atoms with van der Waals surface area (Å²) < 4.78 is 5.60. The second-order valence-electron chi connectivity index (χ2n) is 6.95. The summed E-state index contributed by atoms with van der Waals surface area (Å²) in [4.78, 5) is 26.9. The largest absolute Gasteiger partial charge is 0.491 e. The number of carbonyl (C=O) groups is 2. The van der Waals surface area contributed by atoms with Crippen LogP contribution in [0, 0.1) is 5.41 Å². The van der Waals surface area contributed by atoms with Crippen molar-refractivity contribution in [3.63, 3.8) is 0 Å². The molecule has 0 spiro atoms. The molecular formula is C17H22N2O3S. The average molecular weight is 334 g/mol. The molecule has 3 rings (SSSR count). The number of carbonyl (C=O) groups excluding carboxylic acids is 2. The molecule has 2 atom stereocenters. The molecule has 1 fully saturated rings. The quantitative estimate of drug-likeness (QED) is 0.901. The van der Waals surface area contributed by atoms with Crippen LogP contribution in [0.4, 0.5) is 0 Å². The Morgan fingerprint density at radius 1 is 1.30 bits per heavy atom. The predicted octanol–water partition coefficient (Wildman–Crippen LogP) is 2.18. The third-order valence-corrected chi connectivity index (χ3v) is 5.12. The van der Waals surface area contributed by atoms with Gasteiger partial charge in [0, 0.05) is 16.7 Å². The fourth-order valence-electron chi connectivity index (χ4n) is 2.84. The molecule has 124 valence electrons. The second kappa shape index (κ2) is 6.07. The molecule has 0 aromatic heterocycles. The molecule has 23 heavy (non-hydrogen) atoms. The maximum Gasteiger partial charge on any atom is 0.244 e. The van der Waals surface area contributed by atoms with Gasteiger partial charge in [0.2, 0.25) is 11.8 Å². The van der Waals surface area contributed by atoms with Gasteiger partial charge in [0.15, 0.2) is 0 Å². The highest BCUT2D eigenvalue weighted by atomic mass is 32.2. The minimum absolute atomic E-state index is 0.0192. The highest BCUT2D eigenvalue weighted by Gasteiger charge is 2.40. The van der Waals surface area contributed by atoms with Gasteiger partial charge < -0.3 is 15.0 Å². The normalized spacial score (nSPS) is 23.3. The molecule has 6 heteroatoms. The number of nitrogens with one attached hydrogen (secondary N) is 1. The zero-order valence-corrected chi connectivity index (χ0v) is 14.5. The van der Waals surface area contributed by atoms with Gasteiger partial charge in [-0.25, -0.2) is 0 Å². The summed E-state index contributed by atoms with van der Waals surface area (Å²) in [5.41, 5.74) is 0.521. The Morgan fingerprint density at radius 3 is 2.78 bits per heavy atom. The smallest absolute Gasteiger partial charge is 0.244 e. The van der Waals surface area contributed by atoms with Gasteiger partial charge in [-0.3, -0.25) is 9.59 Å². The molecule has 2 aliphatic heterocycles. The Hall–Kier alpha value is -1.69. The van der Waals surface area contributed by atoms with Gasteiger partial charge in [-0.1, -0.05) is 39.0 Å². The Bertz CT molecular complexity index is 627. The zero-order chi connectivity index (χ0) is 16.6. The Labute approximate surface area is 140 Å². The third kappa shape index (κ3) is 3.17. The number of hydrogen-bond acceptors (Lipinski definition) is 4. The van der Waals surface area contributed by atoms with Gasteiger partial charge in [0.1, 0.15) is 18.4 Å². The number of ether oxygens (including phenoxy) is 1. The lowest BCUT2D eigenvalue weighted by atomic mass is 9.94. The summed E-state index contributed by atoms with van der Waals surface area (Å²) in [6.07, 6.45) is 0. The molecule has 2 heterocycles. The maximum absolute atomic E-state index is 12.7. The number of benzene rings is 1. The van der Waals surface area contributed by atoms with E-state index in [9.17, 15) is 9.59 Å². The molecule has 1 N–H and O–H groups in total. The lowest BCUT2D eigenvalue weighted by Gasteiger charge is -2.30. The second-order valence-corrected chi connectivity index (χ2v) is 7.95. The van der Waals surface area contributed by atoms with Gasteiger partial charge in [0.25, 0.3) is 0 Å².